The lowest BCUT2D eigenvalue weighted by Gasteiger charge is -2.11. The van der Waals surface area contributed by atoms with Gasteiger partial charge in [-0.25, -0.2) is 8.78 Å². The molecule has 1 heterocycles. The van der Waals surface area contributed by atoms with Crippen molar-refractivity contribution in [1.82, 2.24) is 4.98 Å². The molecule has 3 aromatic rings. The van der Waals surface area contributed by atoms with E-state index in [-0.39, 0.29) is 30.1 Å². The first-order valence-electron chi connectivity index (χ1n) is 7.41. The molecule has 0 saturated carbocycles. The van der Waals surface area contributed by atoms with E-state index in [0.29, 0.717) is 16.5 Å². The van der Waals surface area contributed by atoms with E-state index in [1.165, 1.54) is 18.2 Å². The Kier molecular flexibility index (Phi) is 4.65. The highest BCUT2D eigenvalue weighted by molar-refractivity contribution is 5.88. The molecule has 3 rings (SSSR count). The predicted molar refractivity (Wildman–Crippen MR) is 88.0 cm³/mol. The molecular weight excluding hydrogens is 326 g/mol. The maximum absolute atomic E-state index is 14.5. The van der Waals surface area contributed by atoms with Crippen LogP contribution in [0.15, 0.2) is 36.5 Å². The molecule has 0 unspecified atom stereocenters. The molecule has 0 saturated heterocycles. The SMILES string of the molecule is N#Cc1cc(Oc2c(F)cc3[nH]ccc3c2C#CCCO)ccc1F. The van der Waals surface area contributed by atoms with Gasteiger partial charge in [0.05, 0.1) is 17.7 Å². The van der Waals surface area contributed by atoms with Crippen LogP contribution in [0.25, 0.3) is 10.9 Å². The van der Waals surface area contributed by atoms with Gasteiger partial charge in [0.15, 0.2) is 11.6 Å². The number of ether oxygens (including phenoxy) is 1. The van der Waals surface area contributed by atoms with Crippen LogP contribution in [0.3, 0.4) is 0 Å². The van der Waals surface area contributed by atoms with Crippen molar-refractivity contribution in [2.75, 3.05) is 6.61 Å². The molecule has 0 amide bonds. The Morgan fingerprint density at radius 1 is 1.16 bits per heavy atom. The fourth-order valence-electron chi connectivity index (χ4n) is 2.36. The number of rotatable bonds is 3. The molecule has 4 nitrogen and oxygen atoms in total. The zero-order chi connectivity index (χ0) is 17.8. The minimum atomic E-state index is -0.681. The minimum Gasteiger partial charge on any atom is -0.453 e. The Balaban J connectivity index is 2.12. The average Bonchev–Trinajstić information content (AvgIpc) is 3.07. The summed E-state index contributed by atoms with van der Waals surface area (Å²) in [5, 5.41) is 18.4. The molecule has 0 spiro atoms. The van der Waals surface area contributed by atoms with E-state index in [0.717, 1.165) is 6.07 Å². The van der Waals surface area contributed by atoms with Crippen LogP contribution in [-0.2, 0) is 0 Å². The van der Waals surface area contributed by atoms with Crippen LogP contribution < -0.4 is 4.74 Å². The number of hydrogen-bond donors (Lipinski definition) is 2. The van der Waals surface area contributed by atoms with E-state index in [4.69, 9.17) is 15.1 Å². The van der Waals surface area contributed by atoms with Crippen LogP contribution in [0.5, 0.6) is 11.5 Å². The van der Waals surface area contributed by atoms with Gasteiger partial charge in [0.2, 0.25) is 0 Å². The molecule has 2 aromatic carbocycles. The van der Waals surface area contributed by atoms with Crippen LogP contribution in [0, 0.1) is 34.8 Å². The fraction of sp³-hybridized carbons (Fsp3) is 0.105. The van der Waals surface area contributed by atoms with E-state index in [1.54, 1.807) is 18.3 Å². The standard InChI is InChI=1S/C19H12F2N2O2/c20-16-5-4-13(9-12(16)11-22)25-19-15(3-1-2-8-24)14-6-7-23-18(14)10-17(19)21/h4-7,9-10,23-24H,2,8H2. The van der Waals surface area contributed by atoms with Gasteiger partial charge in [-0.2, -0.15) is 5.26 Å². The van der Waals surface area contributed by atoms with Crippen molar-refractivity contribution in [2.45, 2.75) is 6.42 Å². The highest BCUT2D eigenvalue weighted by atomic mass is 19.1. The normalized spacial score (nSPS) is 10.2. The third-order valence-corrected chi connectivity index (χ3v) is 3.49. The zero-order valence-electron chi connectivity index (χ0n) is 12.9. The highest BCUT2D eigenvalue weighted by Gasteiger charge is 2.16. The number of benzene rings is 2. The van der Waals surface area contributed by atoms with Gasteiger partial charge in [-0.3, -0.25) is 0 Å². The summed E-state index contributed by atoms with van der Waals surface area (Å²) in [4.78, 5) is 2.90. The van der Waals surface area contributed by atoms with Gasteiger partial charge in [0.1, 0.15) is 17.6 Å². The van der Waals surface area contributed by atoms with Gasteiger partial charge in [-0.05, 0) is 18.2 Å². The summed E-state index contributed by atoms with van der Waals surface area (Å²) in [6.45, 7) is -0.113. The topological polar surface area (TPSA) is 69.0 Å². The predicted octanol–water partition coefficient (Wildman–Crippen LogP) is 3.84. The summed E-state index contributed by atoms with van der Waals surface area (Å²) < 4.78 is 33.5. The fourth-order valence-corrected chi connectivity index (χ4v) is 2.36. The number of aliphatic hydroxyl groups excluding tert-OH is 1. The van der Waals surface area contributed by atoms with Crippen LogP contribution in [0.4, 0.5) is 8.78 Å². The summed E-state index contributed by atoms with van der Waals surface area (Å²) in [5.41, 5.74) is 0.663. The van der Waals surface area contributed by atoms with Crippen molar-refractivity contribution in [2.24, 2.45) is 0 Å². The molecule has 2 N–H and O–H groups in total. The molecular formula is C19H12F2N2O2. The molecule has 0 aliphatic carbocycles. The molecule has 0 fully saturated rings. The Morgan fingerprint density at radius 3 is 2.76 bits per heavy atom. The summed E-state index contributed by atoms with van der Waals surface area (Å²) in [6.07, 6.45) is 1.88. The van der Waals surface area contributed by atoms with E-state index in [9.17, 15) is 8.78 Å². The second-order valence-corrected chi connectivity index (χ2v) is 5.13. The van der Waals surface area contributed by atoms with Gasteiger partial charge in [0, 0.05) is 35.7 Å². The highest BCUT2D eigenvalue weighted by Crippen LogP contribution is 2.34. The summed E-state index contributed by atoms with van der Waals surface area (Å²) in [5.74, 6) is 4.23. The third-order valence-electron chi connectivity index (χ3n) is 3.49. The van der Waals surface area contributed by atoms with Crippen molar-refractivity contribution < 1.29 is 18.6 Å². The van der Waals surface area contributed by atoms with Crippen molar-refractivity contribution in [3.05, 3.63) is 59.3 Å². The zero-order valence-corrected chi connectivity index (χ0v) is 12.9. The molecule has 0 radical (unpaired) electrons. The molecule has 0 atom stereocenters. The van der Waals surface area contributed by atoms with E-state index >= 15 is 0 Å². The quantitative estimate of drug-likeness (QED) is 0.713. The number of aromatic amines is 1. The van der Waals surface area contributed by atoms with E-state index in [1.807, 2.05) is 0 Å². The van der Waals surface area contributed by atoms with Crippen molar-refractivity contribution in [3.63, 3.8) is 0 Å². The van der Waals surface area contributed by atoms with Crippen LogP contribution in [0.1, 0.15) is 17.5 Å². The smallest absolute Gasteiger partial charge is 0.179 e. The van der Waals surface area contributed by atoms with Crippen LogP contribution >= 0.6 is 0 Å². The Hall–Kier alpha value is -3.35. The first kappa shape index (κ1) is 16.5. The number of nitrogens with zero attached hydrogens (tertiary/aromatic N) is 1. The Labute approximate surface area is 142 Å². The molecule has 0 aliphatic heterocycles. The molecule has 0 bridgehead atoms. The van der Waals surface area contributed by atoms with Gasteiger partial charge in [-0.15, -0.1) is 0 Å². The Bertz CT molecular complexity index is 1040. The van der Waals surface area contributed by atoms with Crippen molar-refractivity contribution in [3.8, 4) is 29.4 Å². The number of hydrogen-bond acceptors (Lipinski definition) is 3. The average molecular weight is 338 g/mol. The monoisotopic (exact) mass is 338 g/mol. The number of aliphatic hydroxyl groups is 1. The van der Waals surface area contributed by atoms with Gasteiger partial charge >= 0.3 is 0 Å². The lowest BCUT2D eigenvalue weighted by atomic mass is 10.1. The number of fused-ring (bicyclic) bond motifs is 1. The first-order chi connectivity index (χ1) is 12.1. The van der Waals surface area contributed by atoms with Gasteiger partial charge in [-0.1, -0.05) is 11.8 Å². The van der Waals surface area contributed by atoms with Crippen LogP contribution in [-0.4, -0.2) is 16.7 Å². The number of aromatic nitrogens is 1. The number of nitriles is 1. The number of halogens is 2. The Morgan fingerprint density at radius 2 is 2.00 bits per heavy atom. The van der Waals surface area contributed by atoms with E-state index < -0.39 is 11.6 Å². The first-order valence-corrected chi connectivity index (χ1v) is 7.41. The molecule has 124 valence electrons. The third kappa shape index (κ3) is 3.30. The summed E-state index contributed by atoms with van der Waals surface area (Å²) in [7, 11) is 0. The second kappa shape index (κ2) is 7.04. The lowest BCUT2D eigenvalue weighted by Crippen LogP contribution is -1.95. The van der Waals surface area contributed by atoms with Crippen molar-refractivity contribution >= 4 is 10.9 Å². The summed E-state index contributed by atoms with van der Waals surface area (Å²) >= 11 is 0. The molecule has 6 heteroatoms. The number of H-pyrrole nitrogens is 1. The second-order valence-electron chi connectivity index (χ2n) is 5.13. The van der Waals surface area contributed by atoms with E-state index in [2.05, 4.69) is 16.8 Å². The minimum absolute atomic E-state index is 0.113. The summed E-state index contributed by atoms with van der Waals surface area (Å²) in [6, 6.07) is 8.30. The molecule has 0 aliphatic rings. The molecule has 25 heavy (non-hydrogen) atoms. The largest absolute Gasteiger partial charge is 0.453 e. The van der Waals surface area contributed by atoms with Gasteiger partial charge < -0.3 is 14.8 Å². The maximum atomic E-state index is 14.5. The number of nitrogens with one attached hydrogen (secondary N) is 1. The lowest BCUT2D eigenvalue weighted by molar-refractivity contribution is 0.305. The molecule has 1 aromatic heterocycles. The van der Waals surface area contributed by atoms with Gasteiger partial charge in [0.25, 0.3) is 0 Å². The maximum Gasteiger partial charge on any atom is 0.179 e. The van der Waals surface area contributed by atoms with Crippen LogP contribution in [0.2, 0.25) is 0 Å². The van der Waals surface area contributed by atoms with Crippen molar-refractivity contribution in [1.29, 1.82) is 5.26 Å².